The summed E-state index contributed by atoms with van der Waals surface area (Å²) in [6, 6.07) is 9.82. The first-order valence-corrected chi connectivity index (χ1v) is 8.65. The van der Waals surface area contributed by atoms with Gasteiger partial charge in [-0.1, -0.05) is 15.9 Å². The smallest absolute Gasteiger partial charge is 0.315 e. The maximum atomic E-state index is 11.8. The van der Waals surface area contributed by atoms with Crippen molar-refractivity contribution in [2.75, 3.05) is 18.5 Å². The number of rotatable bonds is 8. The van der Waals surface area contributed by atoms with E-state index < -0.39 is 22.3 Å². The first kappa shape index (κ1) is 20.2. The number of carbonyl (C=O) groups is 1. The molecule has 0 radical (unpaired) electrons. The number of hydrogen-bond donors (Lipinski definition) is 3. The summed E-state index contributed by atoms with van der Waals surface area (Å²) < 4.78 is 6.10. The van der Waals surface area contributed by atoms with E-state index in [1.54, 1.807) is 6.92 Å². The fraction of sp³-hybridized carbons (Fsp3) is 0.176. The summed E-state index contributed by atoms with van der Waals surface area (Å²) in [5, 5.41) is 27.5. The van der Waals surface area contributed by atoms with E-state index in [2.05, 4.69) is 31.8 Å². The Morgan fingerprint density at radius 1 is 1.37 bits per heavy atom. The standard InChI is InChI=1S/C17H17BrN4O5/c1-2-27-15-8-11(7-14(17(15)24)22(25)26)9-20-21-16(23)10-19-13-5-3-12(18)4-6-13/h3-9,19,24H,2,10H2,1H3,(H,21,23)/b20-9-. The van der Waals surface area contributed by atoms with Crippen molar-refractivity contribution in [3.8, 4) is 11.5 Å². The molecule has 0 aromatic heterocycles. The molecule has 142 valence electrons. The predicted molar refractivity (Wildman–Crippen MR) is 104 cm³/mol. The van der Waals surface area contributed by atoms with Gasteiger partial charge in [-0.15, -0.1) is 0 Å². The number of ether oxygens (including phenoxy) is 1. The number of aromatic hydroxyl groups is 1. The summed E-state index contributed by atoms with van der Waals surface area (Å²) in [6.07, 6.45) is 1.23. The van der Waals surface area contributed by atoms with E-state index >= 15 is 0 Å². The molecule has 2 aromatic carbocycles. The quantitative estimate of drug-likeness (QED) is 0.331. The van der Waals surface area contributed by atoms with Crippen molar-refractivity contribution >= 4 is 39.4 Å². The van der Waals surface area contributed by atoms with Crippen molar-refractivity contribution in [2.24, 2.45) is 5.10 Å². The van der Waals surface area contributed by atoms with Crippen molar-refractivity contribution in [3.63, 3.8) is 0 Å². The van der Waals surface area contributed by atoms with Crippen LogP contribution in [0.5, 0.6) is 11.5 Å². The second-order valence-corrected chi connectivity index (χ2v) is 6.15. The molecule has 0 aliphatic heterocycles. The minimum atomic E-state index is -0.726. The lowest BCUT2D eigenvalue weighted by Crippen LogP contribution is -2.25. The molecule has 0 bridgehead atoms. The van der Waals surface area contributed by atoms with Crippen LogP contribution in [-0.2, 0) is 4.79 Å². The molecule has 0 saturated carbocycles. The maximum absolute atomic E-state index is 11.8. The molecular weight excluding hydrogens is 420 g/mol. The Morgan fingerprint density at radius 2 is 2.07 bits per heavy atom. The Bertz CT molecular complexity index is 855. The van der Waals surface area contributed by atoms with Gasteiger partial charge in [0.2, 0.25) is 5.75 Å². The zero-order chi connectivity index (χ0) is 19.8. The number of nitrogens with one attached hydrogen (secondary N) is 2. The minimum Gasteiger partial charge on any atom is -0.500 e. The highest BCUT2D eigenvalue weighted by atomic mass is 79.9. The molecule has 2 rings (SSSR count). The summed E-state index contributed by atoms with van der Waals surface area (Å²) in [7, 11) is 0. The molecule has 10 heteroatoms. The van der Waals surface area contributed by atoms with Crippen LogP contribution in [-0.4, -0.2) is 35.3 Å². The molecule has 3 N–H and O–H groups in total. The minimum absolute atomic E-state index is 0.00110. The van der Waals surface area contributed by atoms with Crippen molar-refractivity contribution in [1.82, 2.24) is 5.43 Å². The number of amides is 1. The van der Waals surface area contributed by atoms with Crippen LogP contribution >= 0.6 is 15.9 Å². The zero-order valence-electron chi connectivity index (χ0n) is 14.3. The van der Waals surface area contributed by atoms with E-state index in [4.69, 9.17) is 4.74 Å². The Morgan fingerprint density at radius 3 is 2.70 bits per heavy atom. The highest BCUT2D eigenvalue weighted by Gasteiger charge is 2.19. The molecule has 0 saturated heterocycles. The fourth-order valence-electron chi connectivity index (χ4n) is 2.06. The van der Waals surface area contributed by atoms with Crippen LogP contribution in [0.1, 0.15) is 12.5 Å². The number of nitro groups is 1. The molecule has 27 heavy (non-hydrogen) atoms. The molecule has 0 atom stereocenters. The zero-order valence-corrected chi connectivity index (χ0v) is 15.9. The van der Waals surface area contributed by atoms with E-state index in [-0.39, 0.29) is 18.9 Å². The summed E-state index contributed by atoms with van der Waals surface area (Å²) >= 11 is 3.32. The second-order valence-electron chi connectivity index (χ2n) is 5.23. The largest absolute Gasteiger partial charge is 0.500 e. The van der Waals surface area contributed by atoms with E-state index in [1.165, 1.54) is 12.3 Å². The molecule has 0 unspecified atom stereocenters. The Kier molecular flexibility index (Phi) is 7.12. The van der Waals surface area contributed by atoms with Gasteiger partial charge in [0.15, 0.2) is 5.75 Å². The maximum Gasteiger partial charge on any atom is 0.315 e. The van der Waals surface area contributed by atoms with Gasteiger partial charge in [-0.05, 0) is 37.3 Å². The van der Waals surface area contributed by atoms with E-state index in [0.29, 0.717) is 5.56 Å². The Labute approximate surface area is 163 Å². The Balaban J connectivity index is 1.99. The highest BCUT2D eigenvalue weighted by molar-refractivity contribution is 9.10. The number of carbonyl (C=O) groups excluding carboxylic acids is 1. The normalized spacial score (nSPS) is 10.6. The van der Waals surface area contributed by atoms with Gasteiger partial charge < -0.3 is 15.2 Å². The first-order valence-electron chi connectivity index (χ1n) is 7.86. The van der Waals surface area contributed by atoms with E-state index in [1.807, 2.05) is 24.3 Å². The van der Waals surface area contributed by atoms with Gasteiger partial charge in [-0.3, -0.25) is 14.9 Å². The van der Waals surface area contributed by atoms with E-state index in [0.717, 1.165) is 16.2 Å². The summed E-state index contributed by atoms with van der Waals surface area (Å²) in [5.74, 6) is -0.981. The molecule has 1 amide bonds. The molecule has 9 nitrogen and oxygen atoms in total. The third-order valence-corrected chi connectivity index (χ3v) is 3.80. The second kappa shape index (κ2) is 9.53. The summed E-state index contributed by atoms with van der Waals surface area (Å²) in [5.41, 5.74) is 2.87. The van der Waals surface area contributed by atoms with Crippen LogP contribution < -0.4 is 15.5 Å². The molecule has 0 spiro atoms. The number of hydrogen-bond acceptors (Lipinski definition) is 7. The van der Waals surface area contributed by atoms with Crippen molar-refractivity contribution < 1.29 is 19.6 Å². The number of nitrogens with zero attached hydrogens (tertiary/aromatic N) is 2. The number of phenolic OH excluding ortho intramolecular Hbond substituents is 1. The lowest BCUT2D eigenvalue weighted by molar-refractivity contribution is -0.386. The number of phenols is 1. The molecule has 2 aromatic rings. The number of benzene rings is 2. The van der Waals surface area contributed by atoms with Crippen LogP contribution in [0.3, 0.4) is 0 Å². The van der Waals surface area contributed by atoms with Crippen LogP contribution in [0, 0.1) is 10.1 Å². The molecule has 0 aliphatic rings. The van der Waals surface area contributed by atoms with Gasteiger partial charge in [0.25, 0.3) is 5.91 Å². The van der Waals surface area contributed by atoms with Crippen molar-refractivity contribution in [2.45, 2.75) is 6.92 Å². The summed E-state index contributed by atoms with van der Waals surface area (Å²) in [4.78, 5) is 22.1. The average molecular weight is 437 g/mol. The third kappa shape index (κ3) is 5.96. The predicted octanol–water partition coefficient (Wildman–Crippen LogP) is 3.02. The van der Waals surface area contributed by atoms with Gasteiger partial charge in [0.05, 0.1) is 24.3 Å². The van der Waals surface area contributed by atoms with Gasteiger partial charge >= 0.3 is 5.69 Å². The van der Waals surface area contributed by atoms with Crippen molar-refractivity contribution in [3.05, 3.63) is 56.5 Å². The Hall–Kier alpha value is -3.14. The lowest BCUT2D eigenvalue weighted by atomic mass is 10.2. The number of halogens is 1. The molecule has 0 aliphatic carbocycles. The van der Waals surface area contributed by atoms with Gasteiger partial charge in [0.1, 0.15) is 0 Å². The van der Waals surface area contributed by atoms with Gasteiger partial charge in [0, 0.05) is 21.8 Å². The third-order valence-electron chi connectivity index (χ3n) is 3.27. The lowest BCUT2D eigenvalue weighted by Gasteiger charge is -2.07. The van der Waals surface area contributed by atoms with Crippen LogP contribution in [0.25, 0.3) is 0 Å². The average Bonchev–Trinajstić information content (AvgIpc) is 2.63. The van der Waals surface area contributed by atoms with Gasteiger partial charge in [-0.25, -0.2) is 5.43 Å². The summed E-state index contributed by atoms with van der Waals surface area (Å²) in [6.45, 7) is 1.91. The molecule has 0 fully saturated rings. The van der Waals surface area contributed by atoms with Crippen LogP contribution in [0.4, 0.5) is 11.4 Å². The van der Waals surface area contributed by atoms with E-state index in [9.17, 15) is 20.0 Å². The topological polar surface area (TPSA) is 126 Å². The highest BCUT2D eigenvalue weighted by Crippen LogP contribution is 2.36. The fourth-order valence-corrected chi connectivity index (χ4v) is 2.33. The first-order chi connectivity index (χ1) is 12.9. The number of nitro benzene ring substituents is 1. The van der Waals surface area contributed by atoms with Crippen LogP contribution in [0.15, 0.2) is 46.0 Å². The molecular formula is C17H17BrN4O5. The number of anilines is 1. The monoisotopic (exact) mass is 436 g/mol. The molecule has 0 heterocycles. The SMILES string of the molecule is CCOc1cc(/C=N\NC(=O)CNc2ccc(Br)cc2)cc([N+](=O)[O-])c1O. The van der Waals surface area contributed by atoms with Crippen molar-refractivity contribution in [1.29, 1.82) is 0 Å². The number of hydrazone groups is 1. The van der Waals surface area contributed by atoms with Crippen LogP contribution in [0.2, 0.25) is 0 Å². The van der Waals surface area contributed by atoms with Gasteiger partial charge in [-0.2, -0.15) is 5.10 Å².